The quantitative estimate of drug-likeness (QED) is 0.0747. The fourth-order valence-electron chi connectivity index (χ4n) is 7.93. The molecule has 1 radical (unpaired) electrons. The first-order valence-electron chi connectivity index (χ1n) is 18.9. The van der Waals surface area contributed by atoms with E-state index in [1.165, 1.54) is 49.1 Å². The van der Waals surface area contributed by atoms with Gasteiger partial charge in [0.25, 0.3) is 0 Å². The summed E-state index contributed by atoms with van der Waals surface area (Å²) in [7, 11) is -3.61. The van der Waals surface area contributed by atoms with Crippen molar-refractivity contribution in [3.8, 4) is 11.3 Å². The maximum Gasteiger partial charge on any atom is 0.162 e. The van der Waals surface area contributed by atoms with Crippen LogP contribution in [0.5, 0.6) is 0 Å². The number of aliphatic hydroxyl groups is 1. The number of hydrogen-bond donors (Lipinski definition) is 1. The summed E-state index contributed by atoms with van der Waals surface area (Å²) in [6.45, 7) is 22.3. The van der Waals surface area contributed by atoms with Gasteiger partial charge in [-0.15, -0.1) is 28.6 Å². The average Bonchev–Trinajstić information content (AvgIpc) is 3.31. The molecular weight excluding hydrogens is 823 g/mol. The molecule has 2 aliphatic rings. The van der Waals surface area contributed by atoms with Crippen LogP contribution in [-0.2, 0) is 30.9 Å². The van der Waals surface area contributed by atoms with E-state index >= 15 is 0 Å². The molecule has 6 heteroatoms. The van der Waals surface area contributed by atoms with Crippen LogP contribution in [0.1, 0.15) is 96.8 Å². The molecule has 0 spiro atoms. The number of carbonyl (C=O) groups excluding carboxylic acids is 1. The van der Waals surface area contributed by atoms with Gasteiger partial charge in [0.05, 0.1) is 15.2 Å². The summed E-state index contributed by atoms with van der Waals surface area (Å²) in [6.07, 6.45) is 6.81. The molecule has 4 aromatic rings. The van der Waals surface area contributed by atoms with E-state index in [1.54, 1.807) is 0 Å². The number of pyridine rings is 1. The molecule has 0 bridgehead atoms. The number of nitrogens with zero attached hydrogens (tertiary/aromatic N) is 1. The largest absolute Gasteiger partial charge is 0.512 e. The van der Waals surface area contributed by atoms with Crippen molar-refractivity contribution < 1.29 is 31.4 Å². The van der Waals surface area contributed by atoms with Crippen molar-refractivity contribution >= 4 is 54.3 Å². The zero-order valence-electron chi connectivity index (χ0n) is 32.8. The molecule has 0 amide bonds. The SMILES string of the molecule is CCC(CC)C(=O)/C=C(\O)C(CC)CC.[2H]C1=C(c2ccc([Si](C)(C)C)cc2)[Si]2(C)Cc3c([c-]c4ccccc4c3C(C)C)-c3nccc1c32.[Ir]. The van der Waals surface area contributed by atoms with Gasteiger partial charge in [0, 0.05) is 49.9 Å². The summed E-state index contributed by atoms with van der Waals surface area (Å²) < 4.78 is 9.34. The van der Waals surface area contributed by atoms with Crippen LogP contribution in [0.3, 0.4) is 0 Å². The number of aromatic nitrogens is 1. The van der Waals surface area contributed by atoms with E-state index in [2.05, 4.69) is 101 Å². The molecule has 1 unspecified atom stereocenters. The molecule has 0 fully saturated rings. The predicted molar refractivity (Wildman–Crippen MR) is 216 cm³/mol. The van der Waals surface area contributed by atoms with Crippen LogP contribution in [0, 0.1) is 17.9 Å². The van der Waals surface area contributed by atoms with Gasteiger partial charge in [0.1, 0.15) is 8.07 Å². The molecule has 0 saturated heterocycles. The van der Waals surface area contributed by atoms with Gasteiger partial charge in [0.15, 0.2) is 5.78 Å². The van der Waals surface area contributed by atoms with E-state index in [1.807, 2.05) is 33.9 Å². The molecule has 0 saturated carbocycles. The molecule has 3 nitrogen and oxygen atoms in total. The Bertz CT molecular complexity index is 1950. The van der Waals surface area contributed by atoms with Crippen LogP contribution in [-0.4, -0.2) is 32.0 Å². The molecule has 3 heterocycles. The molecule has 1 N–H and O–H groups in total. The van der Waals surface area contributed by atoms with Gasteiger partial charge in [-0.1, -0.05) is 144 Å². The first-order chi connectivity index (χ1) is 23.7. The second kappa shape index (κ2) is 16.2. The summed E-state index contributed by atoms with van der Waals surface area (Å²) in [5.74, 6) is 0.956. The molecular formula is C44H56IrNO2Si2-. The molecule has 267 valence electrons. The van der Waals surface area contributed by atoms with Crippen LogP contribution >= 0.6 is 0 Å². The molecule has 1 aromatic heterocycles. The minimum absolute atomic E-state index is 0. The third-order valence-electron chi connectivity index (χ3n) is 10.9. The number of fused-ring (bicyclic) bond motifs is 3. The second-order valence-corrected chi connectivity index (χ2v) is 24.6. The van der Waals surface area contributed by atoms with Gasteiger partial charge < -0.3 is 5.11 Å². The molecule has 50 heavy (non-hydrogen) atoms. The van der Waals surface area contributed by atoms with Crippen molar-refractivity contribution in [2.45, 2.75) is 105 Å². The molecule has 1 atom stereocenters. The number of benzene rings is 3. The van der Waals surface area contributed by atoms with Gasteiger partial charge in [-0.25, -0.2) is 0 Å². The Hall–Kier alpha value is -2.90. The van der Waals surface area contributed by atoms with Gasteiger partial charge >= 0.3 is 0 Å². The smallest absolute Gasteiger partial charge is 0.162 e. The fraction of sp³-hybridized carbons (Fsp3) is 0.409. The van der Waals surface area contributed by atoms with Crippen molar-refractivity contribution in [3.63, 3.8) is 0 Å². The van der Waals surface area contributed by atoms with Crippen molar-refractivity contribution in [3.05, 3.63) is 101 Å². The maximum atomic E-state index is 11.7. The number of allylic oxidation sites excluding steroid dienone is 2. The summed E-state index contributed by atoms with van der Waals surface area (Å²) in [6, 6.07) is 25.5. The van der Waals surface area contributed by atoms with Crippen LogP contribution in [0.4, 0.5) is 0 Å². The van der Waals surface area contributed by atoms with Gasteiger partial charge in [0.2, 0.25) is 0 Å². The van der Waals surface area contributed by atoms with E-state index in [4.69, 9.17) is 4.98 Å². The zero-order valence-corrected chi connectivity index (χ0v) is 36.1. The fourth-order valence-corrected chi connectivity index (χ4v) is 13.4. The van der Waals surface area contributed by atoms with Crippen LogP contribution < -0.4 is 10.4 Å². The summed E-state index contributed by atoms with van der Waals surface area (Å²) in [5, 5.41) is 16.3. The van der Waals surface area contributed by atoms with Gasteiger partial charge in [-0.2, -0.15) is 0 Å². The van der Waals surface area contributed by atoms with Gasteiger partial charge in [-0.05, 0) is 54.0 Å². The molecule has 3 aromatic carbocycles. The Labute approximate surface area is 318 Å². The zero-order chi connectivity index (χ0) is 36.5. The van der Waals surface area contributed by atoms with Crippen LogP contribution in [0.15, 0.2) is 72.6 Å². The standard InChI is InChI=1S/C31H32NSi2.C13H24O2.Ir/c1-20(2)29-25-10-8-7-9-22(25)17-26-27(29)19-34(6)28(18-23-15-16-32-30(26)31(23)34)21-11-13-24(14-12-21)33(3,4)5;1-5-10(6-2)12(14)9-13(15)11(7-3)8-4;/h7-16,18,20H,19H2,1-6H3;9-11,14H,5-8H2,1-4H3;/q-1;;/b;12-9-;/i18D;;. The van der Waals surface area contributed by atoms with Crippen LogP contribution in [0.25, 0.3) is 33.3 Å². The summed E-state index contributed by atoms with van der Waals surface area (Å²) in [5.41, 5.74) is 7.41. The Morgan fingerprint density at radius 2 is 1.60 bits per heavy atom. The normalized spacial score (nSPS) is 17.0. The monoisotopic (exact) mass is 880 g/mol. The van der Waals surface area contributed by atoms with E-state index in [0.29, 0.717) is 12.0 Å². The van der Waals surface area contributed by atoms with Crippen molar-refractivity contribution in [2.24, 2.45) is 11.8 Å². The Morgan fingerprint density at radius 3 is 2.18 bits per heavy atom. The van der Waals surface area contributed by atoms with E-state index in [0.717, 1.165) is 48.5 Å². The van der Waals surface area contributed by atoms with E-state index < -0.39 is 16.1 Å². The summed E-state index contributed by atoms with van der Waals surface area (Å²) in [4.78, 5) is 16.7. The van der Waals surface area contributed by atoms with E-state index in [-0.39, 0.29) is 43.5 Å². The van der Waals surface area contributed by atoms with E-state index in [9.17, 15) is 11.3 Å². The minimum Gasteiger partial charge on any atom is -0.512 e. The number of aliphatic hydroxyl groups excluding tert-OH is 1. The van der Waals surface area contributed by atoms with Crippen molar-refractivity contribution in [1.29, 1.82) is 0 Å². The number of carbonyl (C=O) groups is 1. The predicted octanol–water partition coefficient (Wildman–Crippen LogP) is 10.7. The molecule has 2 aliphatic heterocycles. The van der Waals surface area contributed by atoms with Crippen molar-refractivity contribution in [2.75, 3.05) is 0 Å². The maximum absolute atomic E-state index is 11.7. The third-order valence-corrected chi connectivity index (χ3v) is 17.1. The van der Waals surface area contributed by atoms with Gasteiger partial charge in [-0.3, -0.25) is 9.78 Å². The first-order valence-corrected chi connectivity index (χ1v) is 24.7. The molecule has 6 rings (SSSR count). The Balaban J connectivity index is 0.000000312. The average molecular weight is 880 g/mol. The number of ketones is 1. The Kier molecular flexibility index (Phi) is 12.4. The third kappa shape index (κ3) is 7.65. The number of rotatable bonds is 10. The first kappa shape index (κ1) is 38.3. The summed E-state index contributed by atoms with van der Waals surface area (Å²) >= 11 is 0. The number of hydrogen-bond acceptors (Lipinski definition) is 3. The van der Waals surface area contributed by atoms with Crippen molar-refractivity contribution in [1.82, 2.24) is 4.98 Å². The van der Waals surface area contributed by atoms with Crippen LogP contribution in [0.2, 0.25) is 26.2 Å². The minimum atomic E-state index is -2.23. The topological polar surface area (TPSA) is 50.2 Å². The molecule has 0 aliphatic carbocycles. The Morgan fingerprint density at radius 1 is 0.980 bits per heavy atom. The second-order valence-electron chi connectivity index (χ2n) is 15.5.